The highest BCUT2D eigenvalue weighted by molar-refractivity contribution is 5.51. The molecule has 0 saturated carbocycles. The summed E-state index contributed by atoms with van der Waals surface area (Å²) in [7, 11) is 0. The number of anilines is 1. The second-order valence-corrected chi connectivity index (χ2v) is 9.09. The van der Waals surface area contributed by atoms with Gasteiger partial charge in [-0.05, 0) is 30.7 Å². The molecule has 1 aromatic carbocycles. The van der Waals surface area contributed by atoms with Crippen LogP contribution in [-0.4, -0.2) is 52.2 Å². The largest absolute Gasteiger partial charge is 0.435 e. The van der Waals surface area contributed by atoms with E-state index in [2.05, 4.69) is 25.6 Å². The number of likely N-dealkylation sites (tertiary alicyclic amines) is 1. The Hall–Kier alpha value is -2.93. The minimum atomic E-state index is -4.87. The van der Waals surface area contributed by atoms with E-state index in [1.54, 1.807) is 12.1 Å². The highest BCUT2D eigenvalue weighted by Gasteiger charge is 2.45. The number of rotatable bonds is 5. The van der Waals surface area contributed by atoms with E-state index < -0.39 is 35.2 Å². The van der Waals surface area contributed by atoms with Gasteiger partial charge in [-0.1, -0.05) is 12.1 Å². The third-order valence-electron chi connectivity index (χ3n) is 6.65. The molecule has 0 amide bonds. The van der Waals surface area contributed by atoms with Crippen LogP contribution in [0.25, 0.3) is 5.65 Å². The fourth-order valence-electron chi connectivity index (χ4n) is 4.73. The molecule has 0 bridgehead atoms. The number of aromatic nitrogens is 3. The van der Waals surface area contributed by atoms with Gasteiger partial charge in [-0.2, -0.15) is 36.0 Å². The highest BCUT2D eigenvalue weighted by Crippen LogP contribution is 2.39. The summed E-state index contributed by atoms with van der Waals surface area (Å²) < 4.78 is 94.1. The van der Waals surface area contributed by atoms with Crippen LogP contribution >= 0.6 is 0 Å². The molecule has 4 heterocycles. The van der Waals surface area contributed by atoms with Crippen LogP contribution in [0.5, 0.6) is 0 Å². The predicted octanol–water partition coefficient (Wildman–Crippen LogP) is 4.35. The van der Waals surface area contributed by atoms with Gasteiger partial charge in [0, 0.05) is 43.7 Å². The van der Waals surface area contributed by atoms with Crippen molar-refractivity contribution in [3.05, 3.63) is 59.2 Å². The van der Waals surface area contributed by atoms with Crippen LogP contribution in [0.3, 0.4) is 0 Å². The molecule has 2 aliphatic heterocycles. The second-order valence-electron chi connectivity index (χ2n) is 9.09. The van der Waals surface area contributed by atoms with Gasteiger partial charge in [-0.25, -0.2) is 9.37 Å². The molecular formula is C22H21F7N6. The maximum atomic E-state index is 13.5. The van der Waals surface area contributed by atoms with Gasteiger partial charge in [0.05, 0.1) is 6.04 Å². The molecule has 1 unspecified atom stereocenters. The zero-order valence-corrected chi connectivity index (χ0v) is 18.2. The first-order chi connectivity index (χ1) is 16.4. The SMILES string of the molecule is Fc1ccc(C(CNc2cc(C(F)(F)F)nc3cc(C(F)(F)F)nn23)N2CCC3(CNC3)C2)cc1. The van der Waals surface area contributed by atoms with Gasteiger partial charge in [0.25, 0.3) is 0 Å². The van der Waals surface area contributed by atoms with Crippen molar-refractivity contribution in [3.63, 3.8) is 0 Å². The first kappa shape index (κ1) is 23.8. The lowest BCUT2D eigenvalue weighted by atomic mass is 9.81. The van der Waals surface area contributed by atoms with E-state index in [-0.39, 0.29) is 23.8 Å². The summed E-state index contributed by atoms with van der Waals surface area (Å²) in [5.41, 5.74) is -2.40. The zero-order chi connectivity index (χ0) is 25.0. The van der Waals surface area contributed by atoms with E-state index in [0.717, 1.165) is 42.7 Å². The normalized spacial score (nSPS) is 19.3. The lowest BCUT2D eigenvalue weighted by molar-refractivity contribution is -0.142. The molecule has 2 N–H and O–H groups in total. The van der Waals surface area contributed by atoms with Crippen LogP contribution in [0.15, 0.2) is 36.4 Å². The van der Waals surface area contributed by atoms with Gasteiger partial charge >= 0.3 is 12.4 Å². The van der Waals surface area contributed by atoms with Crippen molar-refractivity contribution >= 4 is 11.5 Å². The molecule has 2 fully saturated rings. The molecule has 13 heteroatoms. The molecule has 2 aliphatic rings. The highest BCUT2D eigenvalue weighted by atomic mass is 19.4. The Morgan fingerprint density at radius 2 is 1.69 bits per heavy atom. The van der Waals surface area contributed by atoms with Crippen molar-refractivity contribution in [1.29, 1.82) is 0 Å². The molecule has 35 heavy (non-hydrogen) atoms. The molecule has 0 aliphatic carbocycles. The molecule has 6 nitrogen and oxygen atoms in total. The van der Waals surface area contributed by atoms with Crippen LogP contribution in [-0.2, 0) is 12.4 Å². The monoisotopic (exact) mass is 502 g/mol. The molecule has 188 valence electrons. The molecule has 1 spiro atoms. The van der Waals surface area contributed by atoms with Crippen molar-refractivity contribution in [2.45, 2.75) is 24.8 Å². The number of nitrogens with one attached hydrogen (secondary N) is 2. The van der Waals surface area contributed by atoms with Gasteiger partial charge in [0.1, 0.15) is 11.6 Å². The fraction of sp³-hybridized carbons (Fsp3) is 0.455. The van der Waals surface area contributed by atoms with Crippen LogP contribution < -0.4 is 10.6 Å². The number of hydrogen-bond donors (Lipinski definition) is 2. The zero-order valence-electron chi connectivity index (χ0n) is 18.2. The van der Waals surface area contributed by atoms with Crippen molar-refractivity contribution in [2.75, 3.05) is 38.0 Å². The molecule has 1 atom stereocenters. The van der Waals surface area contributed by atoms with Gasteiger partial charge in [0.2, 0.25) is 0 Å². The van der Waals surface area contributed by atoms with E-state index in [1.165, 1.54) is 12.1 Å². The minimum absolute atomic E-state index is 0.0623. The summed E-state index contributed by atoms with van der Waals surface area (Å²) in [5.74, 6) is -0.701. The Morgan fingerprint density at radius 1 is 1.00 bits per heavy atom. The van der Waals surface area contributed by atoms with Crippen LogP contribution in [0.1, 0.15) is 29.4 Å². The van der Waals surface area contributed by atoms with Crippen LogP contribution in [0.2, 0.25) is 0 Å². The topological polar surface area (TPSA) is 57.5 Å². The molecule has 5 rings (SSSR count). The number of nitrogens with zero attached hydrogens (tertiary/aromatic N) is 4. The van der Waals surface area contributed by atoms with Gasteiger partial charge in [-0.15, -0.1) is 0 Å². The summed E-state index contributed by atoms with van der Waals surface area (Å²) in [4.78, 5) is 5.49. The average Bonchev–Trinajstić information content (AvgIpc) is 3.39. The summed E-state index contributed by atoms with van der Waals surface area (Å²) in [5, 5.41) is 9.56. The third-order valence-corrected chi connectivity index (χ3v) is 6.65. The fourth-order valence-corrected chi connectivity index (χ4v) is 4.73. The first-order valence-electron chi connectivity index (χ1n) is 10.9. The number of halogens is 7. The lowest BCUT2D eigenvalue weighted by Gasteiger charge is -2.40. The smallest absolute Gasteiger partial charge is 0.368 e. The van der Waals surface area contributed by atoms with Crippen molar-refractivity contribution in [1.82, 2.24) is 24.8 Å². The van der Waals surface area contributed by atoms with Crippen molar-refractivity contribution in [3.8, 4) is 0 Å². The molecule has 0 radical (unpaired) electrons. The molecular weight excluding hydrogens is 481 g/mol. The summed E-state index contributed by atoms with van der Waals surface area (Å²) in [6.45, 7) is 3.25. The standard InChI is InChI=1S/C22H21F7N6/c23-14-3-1-13(2-4-14)15(34-6-5-20(12-34)10-30-11-20)9-31-18-7-16(21(24,25)26)32-19-8-17(22(27,28)29)33-35(18)19/h1-4,7-8,15,30-31H,5-6,9-12H2. The number of benzene rings is 1. The number of alkyl halides is 6. The van der Waals surface area contributed by atoms with Crippen LogP contribution in [0.4, 0.5) is 36.6 Å². The maximum absolute atomic E-state index is 13.5. The predicted molar refractivity (Wildman–Crippen MR) is 112 cm³/mol. The molecule has 3 aromatic rings. The Kier molecular flexibility index (Phi) is 5.66. The van der Waals surface area contributed by atoms with Crippen molar-refractivity contribution in [2.24, 2.45) is 5.41 Å². The first-order valence-corrected chi connectivity index (χ1v) is 10.9. The summed E-state index contributed by atoms with van der Waals surface area (Å²) in [6, 6.07) is 6.57. The van der Waals surface area contributed by atoms with E-state index in [1.807, 2.05) is 0 Å². The second kappa shape index (κ2) is 8.33. The maximum Gasteiger partial charge on any atom is 0.435 e. The Morgan fingerprint density at radius 3 is 2.26 bits per heavy atom. The average molecular weight is 502 g/mol. The quantitative estimate of drug-likeness (QED) is 0.508. The van der Waals surface area contributed by atoms with Gasteiger partial charge in [0.15, 0.2) is 17.0 Å². The summed E-state index contributed by atoms with van der Waals surface area (Å²) >= 11 is 0. The van der Waals surface area contributed by atoms with E-state index in [9.17, 15) is 30.7 Å². The van der Waals surface area contributed by atoms with Crippen LogP contribution in [0, 0.1) is 11.2 Å². The Labute approximate surface area is 195 Å². The molecule has 2 aromatic heterocycles. The number of fused-ring (bicyclic) bond motifs is 1. The number of hydrogen-bond acceptors (Lipinski definition) is 5. The third kappa shape index (κ3) is 4.66. The lowest BCUT2D eigenvalue weighted by Crippen LogP contribution is -2.55. The van der Waals surface area contributed by atoms with Gasteiger partial charge in [-0.3, -0.25) is 4.90 Å². The van der Waals surface area contributed by atoms with E-state index in [0.29, 0.717) is 12.1 Å². The Bertz CT molecular complexity index is 1210. The van der Waals surface area contributed by atoms with E-state index in [4.69, 9.17) is 0 Å². The van der Waals surface area contributed by atoms with Crippen molar-refractivity contribution < 1.29 is 30.7 Å². The summed E-state index contributed by atoms with van der Waals surface area (Å²) in [6.07, 6.45) is -8.78. The Balaban J connectivity index is 1.49. The van der Waals surface area contributed by atoms with Gasteiger partial charge < -0.3 is 10.6 Å². The minimum Gasteiger partial charge on any atom is -0.368 e. The molecule has 2 saturated heterocycles. The van der Waals surface area contributed by atoms with E-state index >= 15 is 0 Å².